The minimum absolute atomic E-state index is 0.481. The van der Waals surface area contributed by atoms with Gasteiger partial charge in [0.2, 0.25) is 11.3 Å². The molecule has 6 heteroatoms. The topological polar surface area (TPSA) is 38.0 Å². The number of hydrazine groups is 1. The van der Waals surface area contributed by atoms with Crippen molar-refractivity contribution >= 4 is 46.7 Å². The summed E-state index contributed by atoms with van der Waals surface area (Å²) in [4.78, 5) is 0. The summed E-state index contributed by atoms with van der Waals surface area (Å²) in [6, 6.07) is 5.31. The molecular formula is C9H10Cl2N3S+. The van der Waals surface area contributed by atoms with Gasteiger partial charge >= 0.3 is 0 Å². The van der Waals surface area contributed by atoms with Gasteiger partial charge in [0.25, 0.3) is 0 Å². The zero-order valence-corrected chi connectivity index (χ0v) is 10.3. The maximum absolute atomic E-state index is 5.95. The highest BCUT2D eigenvalue weighted by molar-refractivity contribution is 7.80. The predicted molar refractivity (Wildman–Crippen MR) is 67.4 cm³/mol. The molecule has 0 radical (unpaired) electrons. The minimum atomic E-state index is 0.481. The Morgan fingerprint density at radius 2 is 2.00 bits per heavy atom. The van der Waals surface area contributed by atoms with Gasteiger partial charge in [-0.25, -0.2) is 0 Å². The van der Waals surface area contributed by atoms with E-state index in [0.717, 1.165) is 0 Å². The third kappa shape index (κ3) is 3.66. The van der Waals surface area contributed by atoms with E-state index in [1.54, 1.807) is 31.5 Å². The van der Waals surface area contributed by atoms with Crippen molar-refractivity contribution in [1.29, 1.82) is 0 Å². The first-order chi connectivity index (χ1) is 7.15. The number of benzene rings is 1. The van der Waals surface area contributed by atoms with Crippen molar-refractivity contribution in [2.24, 2.45) is 0 Å². The number of halogens is 2. The third-order valence-electron chi connectivity index (χ3n) is 1.63. The van der Waals surface area contributed by atoms with Crippen LogP contribution >= 0.6 is 35.4 Å². The average molecular weight is 263 g/mol. The van der Waals surface area contributed by atoms with E-state index in [0.29, 0.717) is 20.7 Å². The fourth-order valence-electron chi connectivity index (χ4n) is 0.885. The molecule has 1 aromatic carbocycles. The highest BCUT2D eigenvalue weighted by Gasteiger charge is 2.04. The first kappa shape index (κ1) is 12.2. The fourth-order valence-corrected chi connectivity index (χ4v) is 1.45. The number of rotatable bonds is 2. The maximum Gasteiger partial charge on any atom is 0.223 e. The molecule has 0 amide bonds. The molecule has 0 aliphatic carbocycles. The Morgan fingerprint density at radius 3 is 2.53 bits per heavy atom. The molecule has 1 rings (SSSR count). The molecule has 0 saturated carbocycles. The molecule has 3 N–H and O–H groups in total. The Morgan fingerprint density at radius 1 is 1.40 bits per heavy atom. The van der Waals surface area contributed by atoms with Gasteiger partial charge in [0.15, 0.2) is 0 Å². The van der Waals surface area contributed by atoms with Crippen molar-refractivity contribution in [2.45, 2.75) is 0 Å². The van der Waals surface area contributed by atoms with Crippen molar-refractivity contribution in [3.05, 3.63) is 33.8 Å². The van der Waals surface area contributed by atoms with Gasteiger partial charge in [-0.05, 0) is 24.4 Å². The number of hydrogen-bond donors (Lipinski definition) is 3. The molecule has 0 aliphatic rings. The smallest absolute Gasteiger partial charge is 0.223 e. The van der Waals surface area contributed by atoms with Crippen LogP contribution in [0.4, 0.5) is 0 Å². The summed E-state index contributed by atoms with van der Waals surface area (Å²) >= 11 is 16.8. The zero-order chi connectivity index (χ0) is 11.3. The van der Waals surface area contributed by atoms with Crippen LogP contribution in [0.15, 0.2) is 18.2 Å². The Hall–Kier alpha value is -0.840. The SMILES string of the molecule is CNC(=S)N[NH+]=Cc1c(Cl)cccc1Cl. The van der Waals surface area contributed by atoms with Crippen molar-refractivity contribution in [2.75, 3.05) is 7.05 Å². The minimum Gasteiger partial charge on any atom is -0.361 e. The van der Waals surface area contributed by atoms with Crippen LogP contribution < -0.4 is 15.8 Å². The maximum atomic E-state index is 5.95. The summed E-state index contributed by atoms with van der Waals surface area (Å²) in [5.74, 6) is 0. The summed E-state index contributed by atoms with van der Waals surface area (Å²) in [6.45, 7) is 0. The van der Waals surface area contributed by atoms with Gasteiger partial charge < -0.3 is 5.32 Å². The Kier molecular flexibility index (Phi) is 4.81. The van der Waals surface area contributed by atoms with Crippen LogP contribution in [0.1, 0.15) is 5.56 Å². The molecule has 0 heterocycles. The second-order valence-corrected chi connectivity index (χ2v) is 3.85. The summed E-state index contributed by atoms with van der Waals surface area (Å²) < 4.78 is 0. The largest absolute Gasteiger partial charge is 0.361 e. The molecule has 0 aliphatic heterocycles. The van der Waals surface area contributed by atoms with Crippen LogP contribution in [0.2, 0.25) is 10.0 Å². The fraction of sp³-hybridized carbons (Fsp3) is 0.111. The first-order valence-corrected chi connectivity index (χ1v) is 5.32. The third-order valence-corrected chi connectivity index (χ3v) is 2.59. The second-order valence-electron chi connectivity index (χ2n) is 2.63. The summed E-state index contributed by atoms with van der Waals surface area (Å²) in [5.41, 5.74) is 3.45. The van der Waals surface area contributed by atoms with Crippen LogP contribution in [-0.4, -0.2) is 18.4 Å². The number of hydrogen-bond acceptors (Lipinski definition) is 1. The van der Waals surface area contributed by atoms with E-state index in [4.69, 9.17) is 35.4 Å². The molecule has 1 aromatic rings. The van der Waals surface area contributed by atoms with Gasteiger partial charge in [-0.15, -0.1) is 10.5 Å². The average Bonchev–Trinajstić information content (AvgIpc) is 2.22. The predicted octanol–water partition coefficient (Wildman–Crippen LogP) is 0.502. The normalized spacial score (nSPS) is 10.3. The monoisotopic (exact) mass is 262 g/mol. The van der Waals surface area contributed by atoms with Gasteiger partial charge in [-0.3, -0.25) is 0 Å². The van der Waals surface area contributed by atoms with E-state index in [9.17, 15) is 0 Å². The standard InChI is InChI=1S/C9H9Cl2N3S/c1-12-9(15)14-13-5-6-7(10)3-2-4-8(6)11/h2-5H,1H3,(H2,12,14,15)/p+1. The molecule has 3 nitrogen and oxygen atoms in total. The lowest BCUT2D eigenvalue weighted by molar-refractivity contribution is -0.500. The van der Waals surface area contributed by atoms with Crippen LogP contribution in [0, 0.1) is 0 Å². The lowest BCUT2D eigenvalue weighted by Gasteiger charge is -1.98. The van der Waals surface area contributed by atoms with E-state index in [1.165, 1.54) is 0 Å². The lowest BCUT2D eigenvalue weighted by Crippen LogP contribution is -2.82. The van der Waals surface area contributed by atoms with E-state index in [2.05, 4.69) is 15.8 Å². The molecule has 0 aromatic heterocycles. The Labute approximate surface area is 103 Å². The van der Waals surface area contributed by atoms with E-state index in [-0.39, 0.29) is 0 Å². The lowest BCUT2D eigenvalue weighted by atomic mass is 10.2. The Bertz CT molecular complexity index is 373. The van der Waals surface area contributed by atoms with Crippen LogP contribution in [-0.2, 0) is 0 Å². The van der Waals surface area contributed by atoms with Gasteiger partial charge in [0, 0.05) is 7.05 Å². The van der Waals surface area contributed by atoms with Gasteiger partial charge in [0.05, 0.1) is 15.6 Å². The van der Waals surface area contributed by atoms with E-state index >= 15 is 0 Å². The van der Waals surface area contributed by atoms with Gasteiger partial charge in [-0.1, -0.05) is 29.3 Å². The summed E-state index contributed by atoms with van der Waals surface area (Å²) in [5, 5.41) is 7.17. The van der Waals surface area contributed by atoms with Gasteiger partial charge in [-0.2, -0.15) is 0 Å². The number of thiocarbonyl (C=S) groups is 1. The summed E-state index contributed by atoms with van der Waals surface area (Å²) in [7, 11) is 1.72. The van der Waals surface area contributed by atoms with Crippen molar-refractivity contribution in [1.82, 2.24) is 10.7 Å². The molecule has 80 valence electrons. The van der Waals surface area contributed by atoms with E-state index < -0.39 is 0 Å². The van der Waals surface area contributed by atoms with Crippen molar-refractivity contribution in [3.63, 3.8) is 0 Å². The molecular weight excluding hydrogens is 253 g/mol. The zero-order valence-electron chi connectivity index (χ0n) is 7.97. The molecule has 0 unspecified atom stereocenters. The molecule has 0 saturated heterocycles. The van der Waals surface area contributed by atoms with Crippen LogP contribution in [0.25, 0.3) is 0 Å². The molecule has 0 fully saturated rings. The number of nitrogens with one attached hydrogen (secondary N) is 3. The molecule has 0 atom stereocenters. The second kappa shape index (κ2) is 5.90. The Balaban J connectivity index is 2.76. The van der Waals surface area contributed by atoms with Gasteiger partial charge in [0.1, 0.15) is 0 Å². The highest BCUT2D eigenvalue weighted by Crippen LogP contribution is 2.21. The van der Waals surface area contributed by atoms with Crippen molar-refractivity contribution < 1.29 is 5.10 Å². The van der Waals surface area contributed by atoms with Crippen LogP contribution in [0.5, 0.6) is 0 Å². The first-order valence-electron chi connectivity index (χ1n) is 4.15. The quantitative estimate of drug-likeness (QED) is 0.413. The highest BCUT2D eigenvalue weighted by atomic mass is 35.5. The molecule has 0 spiro atoms. The number of hydrazone groups is 1. The summed E-state index contributed by atoms with van der Waals surface area (Å²) in [6.07, 6.45) is 1.65. The van der Waals surface area contributed by atoms with Crippen molar-refractivity contribution in [3.8, 4) is 0 Å². The molecule has 15 heavy (non-hydrogen) atoms. The van der Waals surface area contributed by atoms with E-state index in [1.807, 2.05) is 0 Å². The van der Waals surface area contributed by atoms with Crippen LogP contribution in [0.3, 0.4) is 0 Å². The molecule has 0 bridgehead atoms.